The highest BCUT2D eigenvalue weighted by molar-refractivity contribution is 7.09. The van der Waals surface area contributed by atoms with Gasteiger partial charge in [-0.15, -0.1) is 11.3 Å². The van der Waals surface area contributed by atoms with E-state index in [1.54, 1.807) is 4.40 Å². The molecule has 1 aliphatic rings. The van der Waals surface area contributed by atoms with Gasteiger partial charge in [-0.2, -0.15) is 0 Å². The predicted molar refractivity (Wildman–Crippen MR) is 162 cm³/mol. The summed E-state index contributed by atoms with van der Waals surface area (Å²) < 4.78 is 3.91. The van der Waals surface area contributed by atoms with Crippen molar-refractivity contribution in [1.29, 1.82) is 0 Å². The van der Waals surface area contributed by atoms with E-state index in [4.69, 9.17) is 4.98 Å². The first-order valence-electron chi connectivity index (χ1n) is 14.8. The number of amides is 1. The molecule has 0 unspecified atom stereocenters. The third-order valence-electron chi connectivity index (χ3n) is 8.04. The van der Waals surface area contributed by atoms with Crippen LogP contribution in [0.5, 0.6) is 0 Å². The van der Waals surface area contributed by atoms with Crippen LogP contribution in [0.25, 0.3) is 27.7 Å². The van der Waals surface area contributed by atoms with Crippen LogP contribution in [0.4, 0.5) is 0 Å². The third kappa shape index (κ3) is 6.07. The lowest BCUT2D eigenvalue weighted by molar-refractivity contribution is 0.0741. The van der Waals surface area contributed by atoms with Gasteiger partial charge in [0, 0.05) is 36.0 Å². The molecule has 0 saturated carbocycles. The Morgan fingerprint density at radius 2 is 1.69 bits per heavy atom. The SMILES string of the molecule is CC(C)CCN(CCC(C)C)C(=O)c1ccc2c(c1)n(CCCN1CCCCC1)c1nc3cscc3c(=O)n21. The van der Waals surface area contributed by atoms with Gasteiger partial charge in [-0.3, -0.25) is 9.59 Å². The number of carbonyl (C=O) groups excluding carboxylic acids is 1. The minimum atomic E-state index is -0.0365. The normalized spacial score (nSPS) is 14.9. The molecule has 0 atom stereocenters. The second-order valence-corrected chi connectivity index (χ2v) is 12.7. The maximum Gasteiger partial charge on any atom is 0.268 e. The minimum absolute atomic E-state index is 0.0365. The Bertz CT molecular complexity index is 1480. The largest absolute Gasteiger partial charge is 0.339 e. The number of fused-ring (bicyclic) bond motifs is 4. The average Bonchev–Trinajstić information content (AvgIpc) is 3.52. The summed E-state index contributed by atoms with van der Waals surface area (Å²) in [6.45, 7) is 14.5. The van der Waals surface area contributed by atoms with E-state index in [2.05, 4.69) is 37.2 Å². The van der Waals surface area contributed by atoms with Crippen LogP contribution < -0.4 is 5.56 Å². The van der Waals surface area contributed by atoms with Crippen LogP contribution in [-0.2, 0) is 6.54 Å². The van der Waals surface area contributed by atoms with Gasteiger partial charge in [-0.05, 0) is 81.8 Å². The maximum atomic E-state index is 13.8. The second-order valence-electron chi connectivity index (χ2n) is 12.0. The number of benzene rings is 1. The van der Waals surface area contributed by atoms with Crippen molar-refractivity contribution in [2.75, 3.05) is 32.7 Å². The van der Waals surface area contributed by atoms with E-state index in [1.807, 2.05) is 33.9 Å². The molecule has 1 amide bonds. The molecule has 1 saturated heterocycles. The highest BCUT2D eigenvalue weighted by Gasteiger charge is 2.21. The number of imidazole rings is 1. The molecular formula is C31H43N5O2S. The molecule has 4 aromatic rings. The molecule has 4 heterocycles. The fourth-order valence-corrected chi connectivity index (χ4v) is 6.39. The zero-order chi connectivity index (χ0) is 27.5. The van der Waals surface area contributed by atoms with Crippen LogP contribution in [0.1, 0.15) is 76.6 Å². The van der Waals surface area contributed by atoms with Crippen molar-refractivity contribution < 1.29 is 4.79 Å². The molecule has 5 rings (SSSR count). The molecule has 39 heavy (non-hydrogen) atoms. The highest BCUT2D eigenvalue weighted by Crippen LogP contribution is 2.25. The number of rotatable bonds is 11. The zero-order valence-corrected chi connectivity index (χ0v) is 24.8. The van der Waals surface area contributed by atoms with Crippen molar-refractivity contribution in [1.82, 2.24) is 23.8 Å². The summed E-state index contributed by atoms with van der Waals surface area (Å²) in [5, 5.41) is 4.48. The summed E-state index contributed by atoms with van der Waals surface area (Å²) >= 11 is 1.51. The first-order chi connectivity index (χ1) is 18.8. The molecule has 0 aliphatic carbocycles. The third-order valence-corrected chi connectivity index (χ3v) is 8.77. The number of likely N-dealkylation sites (tertiary alicyclic amines) is 1. The molecule has 210 valence electrons. The van der Waals surface area contributed by atoms with E-state index >= 15 is 0 Å². The van der Waals surface area contributed by atoms with Gasteiger partial charge < -0.3 is 14.4 Å². The molecule has 3 aromatic heterocycles. The summed E-state index contributed by atoms with van der Waals surface area (Å²) in [5.74, 6) is 1.82. The molecule has 0 radical (unpaired) electrons. The van der Waals surface area contributed by atoms with E-state index < -0.39 is 0 Å². The lowest BCUT2D eigenvalue weighted by atomic mass is 10.1. The van der Waals surface area contributed by atoms with Crippen molar-refractivity contribution in [3.8, 4) is 0 Å². The standard InChI is InChI=1S/C31H43N5O2S/c1-22(2)11-17-34(18-12-23(3)4)29(37)24-9-10-27-28(19-24)35(16-8-15-33-13-6-5-7-14-33)31-32-26-21-39-20-25(26)30(38)36(27)31/h9-10,19-23H,5-8,11-18H2,1-4H3. The average molecular weight is 550 g/mol. The Kier molecular flexibility index (Phi) is 8.72. The molecule has 1 aromatic carbocycles. The molecule has 7 nitrogen and oxygen atoms in total. The number of aromatic nitrogens is 3. The zero-order valence-electron chi connectivity index (χ0n) is 24.0. The van der Waals surface area contributed by atoms with E-state index in [0.717, 1.165) is 62.0 Å². The molecule has 0 N–H and O–H groups in total. The Hall–Kier alpha value is -2.71. The van der Waals surface area contributed by atoms with Crippen molar-refractivity contribution in [2.24, 2.45) is 11.8 Å². The smallest absolute Gasteiger partial charge is 0.268 e. The monoisotopic (exact) mass is 549 g/mol. The number of thiophene rings is 1. The Labute approximate surface area is 235 Å². The number of aryl methyl sites for hydroxylation is 1. The van der Waals surface area contributed by atoms with Crippen molar-refractivity contribution >= 4 is 45.0 Å². The Morgan fingerprint density at radius 1 is 0.974 bits per heavy atom. The number of piperidine rings is 1. The van der Waals surface area contributed by atoms with Crippen LogP contribution in [0, 0.1) is 11.8 Å². The summed E-state index contributed by atoms with van der Waals surface area (Å²) in [5.41, 5.74) is 3.12. The first kappa shape index (κ1) is 27.8. The summed E-state index contributed by atoms with van der Waals surface area (Å²) in [6.07, 6.45) is 6.83. The van der Waals surface area contributed by atoms with Crippen molar-refractivity contribution in [2.45, 2.75) is 72.8 Å². The number of hydrogen-bond acceptors (Lipinski definition) is 5. The number of nitrogens with zero attached hydrogens (tertiary/aromatic N) is 5. The van der Waals surface area contributed by atoms with Gasteiger partial charge in [-0.25, -0.2) is 9.38 Å². The summed E-state index contributed by atoms with van der Waals surface area (Å²) in [7, 11) is 0. The second kappa shape index (κ2) is 12.2. The van der Waals surface area contributed by atoms with Gasteiger partial charge in [-0.1, -0.05) is 34.1 Å². The van der Waals surface area contributed by atoms with E-state index in [9.17, 15) is 9.59 Å². The molecule has 1 aliphatic heterocycles. The molecule has 0 bridgehead atoms. The molecule has 8 heteroatoms. The van der Waals surface area contributed by atoms with Gasteiger partial charge in [0.1, 0.15) is 0 Å². The number of carbonyl (C=O) groups is 1. The van der Waals surface area contributed by atoms with Crippen LogP contribution in [0.15, 0.2) is 33.8 Å². The molecule has 1 fully saturated rings. The lowest BCUT2D eigenvalue weighted by Gasteiger charge is -2.26. The van der Waals surface area contributed by atoms with Crippen molar-refractivity contribution in [3.63, 3.8) is 0 Å². The maximum absolute atomic E-state index is 13.8. The Balaban J connectivity index is 1.53. The van der Waals surface area contributed by atoms with Gasteiger partial charge in [0.25, 0.3) is 11.5 Å². The van der Waals surface area contributed by atoms with E-state index in [0.29, 0.717) is 28.6 Å². The summed E-state index contributed by atoms with van der Waals surface area (Å²) in [6, 6.07) is 5.84. The van der Waals surface area contributed by atoms with E-state index in [-0.39, 0.29) is 11.5 Å². The van der Waals surface area contributed by atoms with Crippen LogP contribution in [0.2, 0.25) is 0 Å². The van der Waals surface area contributed by atoms with Gasteiger partial charge >= 0.3 is 0 Å². The van der Waals surface area contributed by atoms with E-state index in [1.165, 1.54) is 43.7 Å². The van der Waals surface area contributed by atoms with Gasteiger partial charge in [0.15, 0.2) is 0 Å². The summed E-state index contributed by atoms with van der Waals surface area (Å²) in [4.78, 5) is 36.9. The van der Waals surface area contributed by atoms with Crippen LogP contribution >= 0.6 is 11.3 Å². The van der Waals surface area contributed by atoms with Gasteiger partial charge in [0.2, 0.25) is 5.78 Å². The Morgan fingerprint density at radius 3 is 2.38 bits per heavy atom. The number of hydrogen-bond donors (Lipinski definition) is 0. The predicted octanol–water partition coefficient (Wildman–Crippen LogP) is 6.27. The van der Waals surface area contributed by atoms with Crippen LogP contribution in [0.3, 0.4) is 0 Å². The fraction of sp³-hybridized carbons (Fsp3) is 0.581. The quantitative estimate of drug-likeness (QED) is 0.221. The topological polar surface area (TPSA) is 62.9 Å². The van der Waals surface area contributed by atoms with Crippen molar-refractivity contribution in [3.05, 3.63) is 44.9 Å². The highest BCUT2D eigenvalue weighted by atomic mass is 32.1. The van der Waals surface area contributed by atoms with Gasteiger partial charge in [0.05, 0.1) is 21.9 Å². The fourth-order valence-electron chi connectivity index (χ4n) is 5.66. The van der Waals surface area contributed by atoms with Crippen LogP contribution in [-0.4, -0.2) is 62.4 Å². The molecular weight excluding hydrogens is 506 g/mol. The lowest BCUT2D eigenvalue weighted by Crippen LogP contribution is -2.34. The minimum Gasteiger partial charge on any atom is -0.339 e. The first-order valence-corrected chi connectivity index (χ1v) is 15.7. The molecule has 0 spiro atoms.